The average molecular weight is 224 g/mol. The highest BCUT2D eigenvalue weighted by Gasteiger charge is 2.00. The molecule has 0 bridgehead atoms. The summed E-state index contributed by atoms with van der Waals surface area (Å²) in [4.78, 5) is 0. The number of nitrogens with two attached hydrogens (primary N) is 1. The molecule has 0 unspecified atom stereocenters. The van der Waals surface area contributed by atoms with Crippen LogP contribution in [0, 0.1) is 22.7 Å². The highest BCUT2D eigenvalue weighted by atomic mass is 35.5. The predicted octanol–water partition coefficient (Wildman–Crippen LogP) is 1.19. The van der Waals surface area contributed by atoms with Crippen molar-refractivity contribution in [1.29, 1.82) is 10.5 Å². The van der Waals surface area contributed by atoms with Gasteiger partial charge in [0, 0.05) is 6.54 Å². The van der Waals surface area contributed by atoms with Crippen molar-refractivity contribution in [2.45, 2.75) is 0 Å². The van der Waals surface area contributed by atoms with Crippen LogP contribution in [0.4, 0.5) is 0 Å². The topological polar surface area (TPSA) is 82.8 Å². The molecule has 0 aliphatic heterocycles. The Bertz CT molecular complexity index is 374. The maximum Gasteiger partial charge on any atom is 0.122 e. The predicted molar refractivity (Wildman–Crippen MR) is 57.7 cm³/mol. The third kappa shape index (κ3) is 3.86. The maximum atomic E-state index is 8.67. The summed E-state index contributed by atoms with van der Waals surface area (Å²) in [5.74, 6) is 0.506. The molecule has 0 aliphatic carbocycles. The van der Waals surface area contributed by atoms with E-state index in [-0.39, 0.29) is 12.4 Å². The Morgan fingerprint density at radius 3 is 2.07 bits per heavy atom. The smallest absolute Gasteiger partial charge is 0.122 e. The van der Waals surface area contributed by atoms with Gasteiger partial charge in [0.2, 0.25) is 0 Å². The van der Waals surface area contributed by atoms with Gasteiger partial charge >= 0.3 is 0 Å². The molecule has 0 saturated heterocycles. The third-order valence-electron chi connectivity index (χ3n) is 1.55. The summed E-state index contributed by atoms with van der Waals surface area (Å²) in [5, 5.41) is 17.3. The largest absolute Gasteiger partial charge is 0.492 e. The molecule has 1 aromatic carbocycles. The quantitative estimate of drug-likeness (QED) is 0.834. The number of nitrogens with zero attached hydrogens (tertiary/aromatic N) is 2. The summed E-state index contributed by atoms with van der Waals surface area (Å²) < 4.78 is 5.21. The molecule has 0 amide bonds. The number of halogens is 1. The first kappa shape index (κ1) is 13.2. The summed E-state index contributed by atoms with van der Waals surface area (Å²) in [6.45, 7) is 0.776. The molecule has 0 aromatic heterocycles. The van der Waals surface area contributed by atoms with Crippen LogP contribution in [0.1, 0.15) is 11.1 Å². The lowest BCUT2D eigenvalue weighted by Gasteiger charge is -2.04. The minimum absolute atomic E-state index is 0. The highest BCUT2D eigenvalue weighted by molar-refractivity contribution is 5.85. The van der Waals surface area contributed by atoms with Gasteiger partial charge in [-0.3, -0.25) is 0 Å². The number of rotatable bonds is 3. The van der Waals surface area contributed by atoms with Crippen LogP contribution in [0.5, 0.6) is 5.75 Å². The monoisotopic (exact) mass is 223 g/mol. The van der Waals surface area contributed by atoms with Crippen LogP contribution in [0.25, 0.3) is 0 Å². The third-order valence-corrected chi connectivity index (χ3v) is 1.55. The van der Waals surface area contributed by atoms with Crippen LogP contribution in [0.3, 0.4) is 0 Å². The van der Waals surface area contributed by atoms with E-state index in [2.05, 4.69) is 0 Å². The van der Waals surface area contributed by atoms with Crippen LogP contribution in [0.15, 0.2) is 18.2 Å². The Hall–Kier alpha value is -1.75. The van der Waals surface area contributed by atoms with E-state index < -0.39 is 0 Å². The molecule has 0 atom stereocenters. The van der Waals surface area contributed by atoms with Gasteiger partial charge in [-0.2, -0.15) is 10.5 Å². The fourth-order valence-corrected chi connectivity index (χ4v) is 0.988. The van der Waals surface area contributed by atoms with E-state index in [1.165, 1.54) is 6.07 Å². The van der Waals surface area contributed by atoms with E-state index in [1.54, 1.807) is 12.1 Å². The molecule has 0 fully saturated rings. The van der Waals surface area contributed by atoms with Crippen LogP contribution in [-0.4, -0.2) is 13.2 Å². The Labute approximate surface area is 94.3 Å². The second kappa shape index (κ2) is 6.67. The number of ether oxygens (including phenoxy) is 1. The molecular weight excluding hydrogens is 214 g/mol. The van der Waals surface area contributed by atoms with Gasteiger partial charge in [-0.05, 0) is 18.2 Å². The van der Waals surface area contributed by atoms with Gasteiger partial charge < -0.3 is 10.5 Å². The zero-order chi connectivity index (χ0) is 10.4. The molecule has 4 nitrogen and oxygen atoms in total. The molecule has 0 heterocycles. The van der Waals surface area contributed by atoms with Crippen LogP contribution in [-0.2, 0) is 0 Å². The van der Waals surface area contributed by atoms with E-state index in [4.69, 9.17) is 21.0 Å². The first-order valence-corrected chi connectivity index (χ1v) is 4.08. The summed E-state index contributed by atoms with van der Waals surface area (Å²) in [6.07, 6.45) is 0. The fraction of sp³-hybridized carbons (Fsp3) is 0.200. The lowest BCUT2D eigenvalue weighted by Crippen LogP contribution is -2.10. The van der Waals surface area contributed by atoms with E-state index in [0.29, 0.717) is 30.0 Å². The van der Waals surface area contributed by atoms with Crippen LogP contribution < -0.4 is 10.5 Å². The van der Waals surface area contributed by atoms with Gasteiger partial charge in [-0.25, -0.2) is 0 Å². The SMILES string of the molecule is Cl.N#Cc1cc(C#N)cc(OCCN)c1. The Kier molecular flexibility index (Phi) is 5.89. The number of hydrogen-bond donors (Lipinski definition) is 1. The molecule has 2 N–H and O–H groups in total. The summed E-state index contributed by atoms with van der Waals surface area (Å²) >= 11 is 0. The Balaban J connectivity index is 0.00000196. The van der Waals surface area contributed by atoms with Crippen LogP contribution in [0.2, 0.25) is 0 Å². The van der Waals surface area contributed by atoms with Crippen molar-refractivity contribution in [3.8, 4) is 17.9 Å². The first-order valence-electron chi connectivity index (χ1n) is 4.08. The Morgan fingerprint density at radius 1 is 1.13 bits per heavy atom. The van der Waals surface area contributed by atoms with Gasteiger partial charge in [0.1, 0.15) is 12.4 Å². The molecule has 15 heavy (non-hydrogen) atoms. The standard InChI is InChI=1S/C10H9N3O.ClH/c11-1-2-14-10-4-8(6-12)3-9(5-10)7-13;/h3-5H,1-2,11H2;1H. The molecule has 0 spiro atoms. The van der Waals surface area contributed by atoms with Crippen molar-refractivity contribution in [1.82, 2.24) is 0 Å². The van der Waals surface area contributed by atoms with Crippen molar-refractivity contribution in [2.75, 3.05) is 13.2 Å². The minimum Gasteiger partial charge on any atom is -0.492 e. The zero-order valence-electron chi connectivity index (χ0n) is 7.93. The van der Waals surface area contributed by atoms with Crippen molar-refractivity contribution >= 4 is 12.4 Å². The zero-order valence-corrected chi connectivity index (χ0v) is 8.75. The lowest BCUT2D eigenvalue weighted by molar-refractivity contribution is 0.328. The molecule has 78 valence electrons. The summed E-state index contributed by atoms with van der Waals surface area (Å²) in [6, 6.07) is 8.58. The van der Waals surface area contributed by atoms with Gasteiger partial charge in [0.05, 0.1) is 23.3 Å². The second-order valence-corrected chi connectivity index (χ2v) is 2.61. The molecular formula is C10H10ClN3O. The highest BCUT2D eigenvalue weighted by Crippen LogP contribution is 2.16. The van der Waals surface area contributed by atoms with E-state index in [0.717, 1.165) is 0 Å². The number of nitriles is 2. The van der Waals surface area contributed by atoms with E-state index in [1.807, 2.05) is 12.1 Å². The van der Waals surface area contributed by atoms with Gasteiger partial charge in [-0.1, -0.05) is 0 Å². The minimum atomic E-state index is 0. The molecule has 5 heteroatoms. The van der Waals surface area contributed by atoms with Crippen molar-refractivity contribution in [3.63, 3.8) is 0 Å². The van der Waals surface area contributed by atoms with Gasteiger partial charge in [0.25, 0.3) is 0 Å². The van der Waals surface area contributed by atoms with Crippen molar-refractivity contribution < 1.29 is 4.74 Å². The van der Waals surface area contributed by atoms with Crippen molar-refractivity contribution in [2.24, 2.45) is 5.73 Å². The number of benzene rings is 1. The van der Waals surface area contributed by atoms with Gasteiger partial charge in [0.15, 0.2) is 0 Å². The lowest BCUT2D eigenvalue weighted by atomic mass is 10.1. The average Bonchev–Trinajstić information content (AvgIpc) is 2.25. The Morgan fingerprint density at radius 2 is 1.67 bits per heavy atom. The van der Waals surface area contributed by atoms with Crippen molar-refractivity contribution in [3.05, 3.63) is 29.3 Å². The maximum absolute atomic E-state index is 8.67. The molecule has 0 radical (unpaired) electrons. The van der Waals surface area contributed by atoms with E-state index in [9.17, 15) is 0 Å². The molecule has 0 saturated carbocycles. The second-order valence-electron chi connectivity index (χ2n) is 2.61. The summed E-state index contributed by atoms with van der Waals surface area (Å²) in [7, 11) is 0. The molecule has 0 aliphatic rings. The number of hydrogen-bond acceptors (Lipinski definition) is 4. The van der Waals surface area contributed by atoms with Gasteiger partial charge in [-0.15, -0.1) is 12.4 Å². The fourth-order valence-electron chi connectivity index (χ4n) is 0.988. The van der Waals surface area contributed by atoms with E-state index >= 15 is 0 Å². The normalized spacial score (nSPS) is 8.20. The van der Waals surface area contributed by atoms with Crippen LogP contribution >= 0.6 is 12.4 Å². The molecule has 1 rings (SSSR count). The summed E-state index contributed by atoms with van der Waals surface area (Å²) in [5.41, 5.74) is 6.09. The molecule has 1 aromatic rings. The first-order chi connectivity index (χ1) is 6.80.